The molecular formula is C22H29N3O2. The minimum atomic E-state index is 0.138. The van der Waals surface area contributed by atoms with Crippen LogP contribution < -0.4 is 4.74 Å². The van der Waals surface area contributed by atoms with Gasteiger partial charge in [0.05, 0.1) is 24.4 Å². The zero-order chi connectivity index (χ0) is 18.6. The monoisotopic (exact) mass is 367 g/mol. The first kappa shape index (κ1) is 18.1. The fourth-order valence-corrected chi connectivity index (χ4v) is 4.35. The molecule has 0 N–H and O–H groups in total. The van der Waals surface area contributed by atoms with E-state index in [4.69, 9.17) is 4.74 Å². The molecule has 2 fully saturated rings. The van der Waals surface area contributed by atoms with Crippen molar-refractivity contribution >= 4 is 5.91 Å². The summed E-state index contributed by atoms with van der Waals surface area (Å²) in [6.07, 6.45) is 8.67. The summed E-state index contributed by atoms with van der Waals surface area (Å²) in [6.45, 7) is 4.37. The van der Waals surface area contributed by atoms with Gasteiger partial charge >= 0.3 is 0 Å². The van der Waals surface area contributed by atoms with Crippen LogP contribution in [0, 0.1) is 12.8 Å². The van der Waals surface area contributed by atoms with Crippen LogP contribution in [0.3, 0.4) is 0 Å². The van der Waals surface area contributed by atoms with Crippen molar-refractivity contribution in [3.8, 4) is 5.75 Å². The topological polar surface area (TPSA) is 47.4 Å². The maximum absolute atomic E-state index is 13.0. The number of amides is 1. The Morgan fingerprint density at radius 2 is 1.81 bits per heavy atom. The molecule has 1 aliphatic carbocycles. The number of likely N-dealkylation sites (tertiary alicyclic amines) is 1. The normalized spacial score (nSPS) is 18.8. The fraction of sp³-hybridized carbons (Fsp3) is 0.545. The SMILES string of the molecule is Cc1c(C(=O)N2CCC(COc3ccccc3)CC2)cnn1C1CCCC1. The van der Waals surface area contributed by atoms with Crippen molar-refractivity contribution in [2.45, 2.75) is 51.5 Å². The predicted molar refractivity (Wildman–Crippen MR) is 105 cm³/mol. The van der Waals surface area contributed by atoms with Gasteiger partial charge in [-0.15, -0.1) is 0 Å². The molecule has 5 nitrogen and oxygen atoms in total. The van der Waals surface area contributed by atoms with Gasteiger partial charge in [0, 0.05) is 18.8 Å². The van der Waals surface area contributed by atoms with E-state index in [9.17, 15) is 4.79 Å². The third-order valence-corrected chi connectivity index (χ3v) is 6.08. The summed E-state index contributed by atoms with van der Waals surface area (Å²) >= 11 is 0. The molecule has 2 heterocycles. The molecule has 1 amide bonds. The maximum atomic E-state index is 13.0. The molecule has 4 rings (SSSR count). The molecule has 0 spiro atoms. The molecule has 1 aliphatic heterocycles. The second-order valence-electron chi connectivity index (χ2n) is 7.89. The number of para-hydroxylation sites is 1. The Balaban J connectivity index is 1.31. The standard InChI is InChI=1S/C22H29N3O2/c1-17-21(15-23-25(17)19-7-5-6-8-19)22(26)24-13-11-18(12-14-24)16-27-20-9-3-2-4-10-20/h2-4,9-10,15,18-19H,5-8,11-14,16H2,1H3. The first-order valence-corrected chi connectivity index (χ1v) is 10.2. The van der Waals surface area contributed by atoms with E-state index in [1.165, 1.54) is 25.7 Å². The van der Waals surface area contributed by atoms with Gasteiger partial charge in [-0.25, -0.2) is 0 Å². The van der Waals surface area contributed by atoms with E-state index in [-0.39, 0.29) is 5.91 Å². The highest BCUT2D eigenvalue weighted by Crippen LogP contribution is 2.31. The van der Waals surface area contributed by atoms with Crippen LogP contribution in [0.1, 0.15) is 60.6 Å². The Hall–Kier alpha value is -2.30. The number of ether oxygens (including phenoxy) is 1. The van der Waals surface area contributed by atoms with Crippen LogP contribution in [0.25, 0.3) is 0 Å². The smallest absolute Gasteiger partial charge is 0.257 e. The highest BCUT2D eigenvalue weighted by atomic mass is 16.5. The van der Waals surface area contributed by atoms with Crippen LogP contribution in [0.15, 0.2) is 36.5 Å². The van der Waals surface area contributed by atoms with E-state index in [0.717, 1.165) is 49.5 Å². The molecule has 0 radical (unpaired) electrons. The fourth-order valence-electron chi connectivity index (χ4n) is 4.35. The average Bonchev–Trinajstić information content (AvgIpc) is 3.36. The Morgan fingerprint density at radius 1 is 1.11 bits per heavy atom. The molecule has 2 aromatic rings. The summed E-state index contributed by atoms with van der Waals surface area (Å²) in [5.74, 6) is 1.57. The molecular weight excluding hydrogens is 338 g/mol. The number of hydrogen-bond acceptors (Lipinski definition) is 3. The molecule has 144 valence electrons. The molecule has 5 heteroatoms. The Bertz CT molecular complexity index is 757. The van der Waals surface area contributed by atoms with Crippen LogP contribution >= 0.6 is 0 Å². The number of carbonyl (C=O) groups excluding carboxylic acids is 1. The number of aromatic nitrogens is 2. The van der Waals surface area contributed by atoms with Gasteiger partial charge in [-0.1, -0.05) is 31.0 Å². The van der Waals surface area contributed by atoms with Crippen LogP contribution in [0.5, 0.6) is 5.75 Å². The van der Waals surface area contributed by atoms with Crippen molar-refractivity contribution in [2.75, 3.05) is 19.7 Å². The highest BCUT2D eigenvalue weighted by molar-refractivity contribution is 5.95. The van der Waals surface area contributed by atoms with E-state index >= 15 is 0 Å². The van der Waals surface area contributed by atoms with Gasteiger partial charge in [-0.05, 0) is 50.7 Å². The zero-order valence-electron chi connectivity index (χ0n) is 16.1. The summed E-state index contributed by atoms with van der Waals surface area (Å²) in [7, 11) is 0. The molecule has 0 unspecified atom stereocenters. The number of hydrogen-bond donors (Lipinski definition) is 0. The van der Waals surface area contributed by atoms with Gasteiger partial charge in [0.25, 0.3) is 5.91 Å². The number of carbonyl (C=O) groups is 1. The first-order chi connectivity index (χ1) is 13.2. The lowest BCUT2D eigenvalue weighted by Gasteiger charge is -2.32. The van der Waals surface area contributed by atoms with Gasteiger partial charge in [0.1, 0.15) is 5.75 Å². The minimum Gasteiger partial charge on any atom is -0.493 e. The number of benzene rings is 1. The third-order valence-electron chi connectivity index (χ3n) is 6.08. The third kappa shape index (κ3) is 4.02. The molecule has 1 aromatic carbocycles. The summed E-state index contributed by atoms with van der Waals surface area (Å²) in [5, 5.41) is 4.54. The molecule has 1 aromatic heterocycles. The lowest BCUT2D eigenvalue weighted by molar-refractivity contribution is 0.0660. The molecule has 0 atom stereocenters. The number of rotatable bonds is 5. The Morgan fingerprint density at radius 3 is 2.52 bits per heavy atom. The Labute approximate surface area is 161 Å². The zero-order valence-corrected chi connectivity index (χ0v) is 16.1. The maximum Gasteiger partial charge on any atom is 0.257 e. The quantitative estimate of drug-likeness (QED) is 0.794. The number of nitrogens with zero attached hydrogens (tertiary/aromatic N) is 3. The van der Waals surface area contributed by atoms with Crippen LogP contribution in [0.2, 0.25) is 0 Å². The van der Waals surface area contributed by atoms with E-state index in [0.29, 0.717) is 12.0 Å². The van der Waals surface area contributed by atoms with Crippen molar-refractivity contribution < 1.29 is 9.53 Å². The van der Waals surface area contributed by atoms with Gasteiger partial charge < -0.3 is 9.64 Å². The van der Waals surface area contributed by atoms with Gasteiger partial charge in [0.2, 0.25) is 0 Å². The van der Waals surface area contributed by atoms with Gasteiger partial charge in [0.15, 0.2) is 0 Å². The summed E-state index contributed by atoms with van der Waals surface area (Å²) in [5.41, 5.74) is 1.81. The Kier molecular flexibility index (Phi) is 5.46. The predicted octanol–water partition coefficient (Wildman–Crippen LogP) is 4.24. The van der Waals surface area contributed by atoms with Gasteiger partial charge in [-0.2, -0.15) is 5.10 Å². The molecule has 1 saturated carbocycles. The minimum absolute atomic E-state index is 0.138. The lowest BCUT2D eigenvalue weighted by atomic mass is 9.97. The van der Waals surface area contributed by atoms with E-state index in [1.54, 1.807) is 6.20 Å². The van der Waals surface area contributed by atoms with Crippen molar-refractivity contribution in [3.63, 3.8) is 0 Å². The first-order valence-electron chi connectivity index (χ1n) is 10.2. The average molecular weight is 367 g/mol. The van der Waals surface area contributed by atoms with Crippen LogP contribution in [-0.4, -0.2) is 40.3 Å². The van der Waals surface area contributed by atoms with Crippen molar-refractivity contribution in [1.29, 1.82) is 0 Å². The summed E-state index contributed by atoms with van der Waals surface area (Å²) < 4.78 is 7.97. The summed E-state index contributed by atoms with van der Waals surface area (Å²) in [6, 6.07) is 10.4. The van der Waals surface area contributed by atoms with E-state index < -0.39 is 0 Å². The van der Waals surface area contributed by atoms with Crippen LogP contribution in [-0.2, 0) is 0 Å². The van der Waals surface area contributed by atoms with Crippen molar-refractivity contribution in [3.05, 3.63) is 47.8 Å². The van der Waals surface area contributed by atoms with Crippen molar-refractivity contribution in [1.82, 2.24) is 14.7 Å². The molecule has 1 saturated heterocycles. The molecule has 2 aliphatic rings. The number of piperidine rings is 1. The lowest BCUT2D eigenvalue weighted by Crippen LogP contribution is -2.39. The van der Waals surface area contributed by atoms with E-state index in [1.807, 2.05) is 42.2 Å². The summed E-state index contributed by atoms with van der Waals surface area (Å²) in [4.78, 5) is 15.0. The second-order valence-corrected chi connectivity index (χ2v) is 7.89. The largest absolute Gasteiger partial charge is 0.493 e. The molecule has 27 heavy (non-hydrogen) atoms. The molecule has 0 bridgehead atoms. The van der Waals surface area contributed by atoms with E-state index in [2.05, 4.69) is 9.78 Å². The van der Waals surface area contributed by atoms with Gasteiger partial charge in [-0.3, -0.25) is 9.48 Å². The highest BCUT2D eigenvalue weighted by Gasteiger charge is 2.28. The second kappa shape index (κ2) is 8.15. The van der Waals surface area contributed by atoms with Crippen LogP contribution in [0.4, 0.5) is 0 Å². The van der Waals surface area contributed by atoms with Crippen molar-refractivity contribution in [2.24, 2.45) is 5.92 Å².